The highest BCUT2D eigenvalue weighted by Gasteiger charge is 2.15. The van der Waals surface area contributed by atoms with Gasteiger partial charge in [0.1, 0.15) is 5.82 Å². The highest BCUT2D eigenvalue weighted by atomic mass is 16.1. The summed E-state index contributed by atoms with van der Waals surface area (Å²) in [4.78, 5) is 18.1. The number of hydrogen-bond donors (Lipinski definition) is 2. The van der Waals surface area contributed by atoms with Crippen molar-refractivity contribution < 1.29 is 0 Å². The van der Waals surface area contributed by atoms with Crippen LogP contribution in [-0.2, 0) is 0 Å². The van der Waals surface area contributed by atoms with Crippen molar-refractivity contribution in [3.63, 3.8) is 0 Å². The van der Waals surface area contributed by atoms with Gasteiger partial charge in [-0.15, -0.1) is 0 Å². The zero-order valence-electron chi connectivity index (χ0n) is 8.12. The molecule has 2 rings (SSSR count). The topological polar surface area (TPSA) is 57.8 Å². The molecule has 0 aromatic carbocycles. The highest BCUT2D eigenvalue weighted by molar-refractivity contribution is 4.98. The van der Waals surface area contributed by atoms with Crippen LogP contribution in [0.5, 0.6) is 0 Å². The Kier molecular flexibility index (Phi) is 2.93. The van der Waals surface area contributed by atoms with Crippen molar-refractivity contribution in [2.45, 2.75) is 25.2 Å². The molecule has 2 N–H and O–H groups in total. The molecule has 1 aromatic heterocycles. The lowest BCUT2D eigenvalue weighted by atomic mass is 10.00. The molecule has 0 radical (unpaired) electrons. The van der Waals surface area contributed by atoms with Gasteiger partial charge in [-0.3, -0.25) is 4.79 Å². The molecule has 1 atom stereocenters. The second kappa shape index (κ2) is 4.37. The molecule has 76 valence electrons. The van der Waals surface area contributed by atoms with E-state index in [1.54, 1.807) is 6.20 Å². The van der Waals surface area contributed by atoms with Crippen LogP contribution in [0.1, 0.15) is 31.0 Å². The van der Waals surface area contributed by atoms with Crippen molar-refractivity contribution in [3.8, 4) is 0 Å². The molecule has 0 aliphatic carbocycles. The molecule has 4 nitrogen and oxygen atoms in total. The Morgan fingerprint density at radius 1 is 1.36 bits per heavy atom. The van der Waals surface area contributed by atoms with E-state index in [1.165, 1.54) is 6.07 Å². The Morgan fingerprint density at radius 2 is 2.29 bits per heavy atom. The van der Waals surface area contributed by atoms with Crippen LogP contribution in [0.15, 0.2) is 17.1 Å². The maximum Gasteiger partial charge on any atom is 0.250 e. The van der Waals surface area contributed by atoms with Crippen molar-refractivity contribution in [2.24, 2.45) is 0 Å². The molecule has 0 saturated carbocycles. The Labute approximate surface area is 82.8 Å². The van der Waals surface area contributed by atoms with Gasteiger partial charge in [0.2, 0.25) is 0 Å². The van der Waals surface area contributed by atoms with Crippen LogP contribution >= 0.6 is 0 Å². The van der Waals surface area contributed by atoms with E-state index in [0.29, 0.717) is 5.92 Å². The summed E-state index contributed by atoms with van der Waals surface area (Å²) in [6.07, 6.45) is 4.92. The zero-order chi connectivity index (χ0) is 9.80. The van der Waals surface area contributed by atoms with E-state index >= 15 is 0 Å². The Bertz CT molecular complexity index is 339. The van der Waals surface area contributed by atoms with Crippen LogP contribution in [0.4, 0.5) is 0 Å². The van der Waals surface area contributed by atoms with Crippen molar-refractivity contribution in [2.75, 3.05) is 13.1 Å². The van der Waals surface area contributed by atoms with Crippen molar-refractivity contribution in [1.82, 2.24) is 15.3 Å². The fourth-order valence-corrected chi connectivity index (χ4v) is 1.89. The van der Waals surface area contributed by atoms with Crippen molar-refractivity contribution in [1.29, 1.82) is 0 Å². The van der Waals surface area contributed by atoms with E-state index in [2.05, 4.69) is 15.3 Å². The van der Waals surface area contributed by atoms with Crippen LogP contribution < -0.4 is 10.9 Å². The molecule has 1 aliphatic rings. The van der Waals surface area contributed by atoms with E-state index in [4.69, 9.17) is 0 Å². The fourth-order valence-electron chi connectivity index (χ4n) is 1.89. The van der Waals surface area contributed by atoms with Gasteiger partial charge in [0.15, 0.2) is 0 Å². The predicted octanol–water partition coefficient (Wildman–Crippen LogP) is 0.627. The maximum absolute atomic E-state index is 11.1. The minimum absolute atomic E-state index is 0.0489. The van der Waals surface area contributed by atoms with Crippen molar-refractivity contribution in [3.05, 3.63) is 28.4 Å². The van der Waals surface area contributed by atoms with Gasteiger partial charge in [-0.1, -0.05) is 0 Å². The third kappa shape index (κ3) is 2.20. The summed E-state index contributed by atoms with van der Waals surface area (Å²) < 4.78 is 0. The SMILES string of the molecule is O=c1ccnc(C2CCCNCC2)[nH]1. The lowest BCUT2D eigenvalue weighted by Gasteiger charge is -2.11. The van der Waals surface area contributed by atoms with Crippen LogP contribution in [0.25, 0.3) is 0 Å². The van der Waals surface area contributed by atoms with E-state index < -0.39 is 0 Å². The highest BCUT2D eigenvalue weighted by Crippen LogP contribution is 2.21. The van der Waals surface area contributed by atoms with E-state index in [1.807, 2.05) is 0 Å². The standard InChI is InChI=1S/C10H15N3O/c14-9-4-7-12-10(13-9)8-2-1-5-11-6-3-8/h4,7-8,11H,1-3,5-6H2,(H,12,13,14). The molecule has 1 unspecified atom stereocenters. The van der Waals surface area contributed by atoms with Crippen molar-refractivity contribution >= 4 is 0 Å². The van der Waals surface area contributed by atoms with Gasteiger partial charge in [-0.05, 0) is 32.4 Å². The molecule has 1 fully saturated rings. The van der Waals surface area contributed by atoms with Gasteiger partial charge in [-0.25, -0.2) is 4.98 Å². The summed E-state index contributed by atoms with van der Waals surface area (Å²) in [5.41, 5.74) is -0.0489. The lowest BCUT2D eigenvalue weighted by Crippen LogP contribution is -2.15. The molecule has 4 heteroatoms. The Balaban J connectivity index is 2.16. The first-order valence-electron chi connectivity index (χ1n) is 5.12. The summed E-state index contributed by atoms with van der Waals surface area (Å²) >= 11 is 0. The second-order valence-corrected chi connectivity index (χ2v) is 3.70. The molecule has 1 aromatic rings. The molecule has 14 heavy (non-hydrogen) atoms. The molecule has 1 saturated heterocycles. The molecule has 1 aliphatic heterocycles. The summed E-state index contributed by atoms with van der Waals surface area (Å²) in [5, 5.41) is 3.34. The first-order chi connectivity index (χ1) is 6.86. The summed E-state index contributed by atoms with van der Waals surface area (Å²) in [6.45, 7) is 2.09. The smallest absolute Gasteiger partial charge is 0.250 e. The first-order valence-corrected chi connectivity index (χ1v) is 5.12. The van der Waals surface area contributed by atoms with Crippen LogP contribution in [-0.4, -0.2) is 23.1 Å². The fraction of sp³-hybridized carbons (Fsp3) is 0.600. The Hall–Kier alpha value is -1.16. The van der Waals surface area contributed by atoms with Gasteiger partial charge < -0.3 is 10.3 Å². The molecular weight excluding hydrogens is 178 g/mol. The average molecular weight is 193 g/mol. The summed E-state index contributed by atoms with van der Waals surface area (Å²) in [7, 11) is 0. The number of hydrogen-bond acceptors (Lipinski definition) is 3. The second-order valence-electron chi connectivity index (χ2n) is 3.70. The van der Waals surface area contributed by atoms with E-state index in [0.717, 1.165) is 38.2 Å². The maximum atomic E-state index is 11.1. The van der Waals surface area contributed by atoms with Crippen LogP contribution in [0.2, 0.25) is 0 Å². The third-order valence-electron chi connectivity index (χ3n) is 2.65. The minimum atomic E-state index is -0.0489. The van der Waals surface area contributed by atoms with Crippen LogP contribution in [0.3, 0.4) is 0 Å². The van der Waals surface area contributed by atoms with E-state index in [-0.39, 0.29) is 5.56 Å². The van der Waals surface area contributed by atoms with Gasteiger partial charge in [-0.2, -0.15) is 0 Å². The lowest BCUT2D eigenvalue weighted by molar-refractivity contribution is 0.573. The number of nitrogens with one attached hydrogen (secondary N) is 2. The Morgan fingerprint density at radius 3 is 3.14 bits per heavy atom. The van der Waals surface area contributed by atoms with Gasteiger partial charge in [0.05, 0.1) is 0 Å². The van der Waals surface area contributed by atoms with Gasteiger partial charge >= 0.3 is 0 Å². The molecular formula is C10H15N3O. The first kappa shape index (κ1) is 9.40. The molecule has 2 heterocycles. The largest absolute Gasteiger partial charge is 0.317 e. The zero-order valence-corrected chi connectivity index (χ0v) is 8.12. The normalized spacial score (nSPS) is 23.0. The minimum Gasteiger partial charge on any atom is -0.317 e. The van der Waals surface area contributed by atoms with Gasteiger partial charge in [0, 0.05) is 18.2 Å². The monoisotopic (exact) mass is 193 g/mol. The van der Waals surface area contributed by atoms with Crippen LogP contribution in [0, 0.1) is 0 Å². The molecule has 0 spiro atoms. The predicted molar refractivity (Wildman–Crippen MR) is 54.3 cm³/mol. The van der Waals surface area contributed by atoms with Gasteiger partial charge in [0.25, 0.3) is 5.56 Å². The number of aromatic nitrogens is 2. The summed E-state index contributed by atoms with van der Waals surface area (Å²) in [5.74, 6) is 1.26. The number of nitrogens with zero attached hydrogens (tertiary/aromatic N) is 1. The number of aromatic amines is 1. The average Bonchev–Trinajstić information content (AvgIpc) is 2.45. The number of H-pyrrole nitrogens is 1. The van der Waals surface area contributed by atoms with E-state index in [9.17, 15) is 4.79 Å². The summed E-state index contributed by atoms with van der Waals surface area (Å²) in [6, 6.07) is 1.46. The third-order valence-corrected chi connectivity index (χ3v) is 2.65. The number of rotatable bonds is 1. The molecule has 0 amide bonds. The molecule has 0 bridgehead atoms. The quantitative estimate of drug-likeness (QED) is 0.687.